The van der Waals surface area contributed by atoms with Gasteiger partial charge in [-0.3, -0.25) is 14.9 Å². The molecule has 0 saturated heterocycles. The predicted molar refractivity (Wildman–Crippen MR) is 107 cm³/mol. The summed E-state index contributed by atoms with van der Waals surface area (Å²) in [5, 5.41) is 15.4. The van der Waals surface area contributed by atoms with Gasteiger partial charge in [0, 0.05) is 17.2 Å². The van der Waals surface area contributed by atoms with Crippen molar-refractivity contribution in [1.82, 2.24) is 5.43 Å². The van der Waals surface area contributed by atoms with Crippen LogP contribution >= 0.6 is 34.8 Å². The Labute approximate surface area is 173 Å². The van der Waals surface area contributed by atoms with Crippen LogP contribution in [0.1, 0.15) is 16.1 Å². The predicted octanol–water partition coefficient (Wildman–Crippen LogP) is 5.58. The molecule has 1 amide bonds. The number of carbonyl (C=O) groups excluding carboxylic acids is 1. The first-order chi connectivity index (χ1) is 13.3. The number of nitro benzene ring substituents is 1. The molecular formula is C18H10Cl3N3O4. The summed E-state index contributed by atoms with van der Waals surface area (Å²) in [5.41, 5.74) is 2.89. The SMILES string of the molecule is O=C(NN=Cc1ccc(-c2ccc(Cl)c([N+](=O)[O-])c2)o1)c1ccc(Cl)c(Cl)c1. The van der Waals surface area contributed by atoms with E-state index in [1.165, 1.54) is 36.5 Å². The van der Waals surface area contributed by atoms with Crippen LogP contribution in [0.4, 0.5) is 5.69 Å². The molecule has 1 N–H and O–H groups in total. The average Bonchev–Trinajstić information content (AvgIpc) is 3.13. The lowest BCUT2D eigenvalue weighted by Gasteiger charge is -2.01. The summed E-state index contributed by atoms with van der Waals surface area (Å²) in [6.45, 7) is 0. The third-order valence-electron chi connectivity index (χ3n) is 3.59. The van der Waals surface area contributed by atoms with Crippen LogP contribution in [0.3, 0.4) is 0 Å². The van der Waals surface area contributed by atoms with Crippen LogP contribution in [0.2, 0.25) is 15.1 Å². The Morgan fingerprint density at radius 1 is 1.04 bits per heavy atom. The van der Waals surface area contributed by atoms with Crippen LogP contribution in [-0.2, 0) is 0 Å². The molecule has 0 unspecified atom stereocenters. The fourth-order valence-corrected chi connectivity index (χ4v) is 2.72. The number of carbonyl (C=O) groups is 1. The lowest BCUT2D eigenvalue weighted by Crippen LogP contribution is -2.17. The quantitative estimate of drug-likeness (QED) is 0.319. The number of rotatable bonds is 5. The molecule has 142 valence electrons. The molecule has 0 fully saturated rings. The summed E-state index contributed by atoms with van der Waals surface area (Å²) in [6.07, 6.45) is 1.29. The highest BCUT2D eigenvalue weighted by Crippen LogP contribution is 2.31. The highest BCUT2D eigenvalue weighted by atomic mass is 35.5. The van der Waals surface area contributed by atoms with Crippen LogP contribution in [0, 0.1) is 10.1 Å². The zero-order chi connectivity index (χ0) is 20.3. The molecule has 7 nitrogen and oxygen atoms in total. The normalized spacial score (nSPS) is 11.0. The van der Waals surface area contributed by atoms with E-state index in [4.69, 9.17) is 39.2 Å². The number of hydrazone groups is 1. The van der Waals surface area contributed by atoms with Crippen molar-refractivity contribution in [3.63, 3.8) is 0 Å². The molecular weight excluding hydrogens is 429 g/mol. The Morgan fingerprint density at radius 3 is 2.50 bits per heavy atom. The molecule has 0 aliphatic rings. The number of hydrogen-bond acceptors (Lipinski definition) is 5. The number of amides is 1. The minimum absolute atomic E-state index is 0.0344. The topological polar surface area (TPSA) is 97.7 Å². The van der Waals surface area contributed by atoms with Crippen LogP contribution in [-0.4, -0.2) is 17.0 Å². The maximum Gasteiger partial charge on any atom is 0.288 e. The van der Waals surface area contributed by atoms with E-state index in [-0.39, 0.29) is 15.7 Å². The first-order valence-corrected chi connectivity index (χ1v) is 8.81. The van der Waals surface area contributed by atoms with Gasteiger partial charge < -0.3 is 4.42 Å². The molecule has 0 spiro atoms. The van der Waals surface area contributed by atoms with Crippen molar-refractivity contribution in [3.8, 4) is 11.3 Å². The Hall–Kier alpha value is -2.87. The number of halogens is 3. The van der Waals surface area contributed by atoms with E-state index in [2.05, 4.69) is 10.5 Å². The first-order valence-electron chi connectivity index (χ1n) is 7.68. The van der Waals surface area contributed by atoms with Crippen molar-refractivity contribution < 1.29 is 14.1 Å². The minimum Gasteiger partial charge on any atom is -0.455 e. The van der Waals surface area contributed by atoms with Crippen molar-refractivity contribution in [2.45, 2.75) is 0 Å². The largest absolute Gasteiger partial charge is 0.455 e. The summed E-state index contributed by atoms with van der Waals surface area (Å²) >= 11 is 17.5. The molecule has 0 aliphatic carbocycles. The number of nitro groups is 1. The standard InChI is InChI=1S/C18H10Cl3N3O4/c19-13-4-2-11(7-15(13)21)18(25)23-22-9-12-3-6-17(28-12)10-1-5-14(20)16(8-10)24(26)27/h1-9H,(H,23,25). The van der Waals surface area contributed by atoms with Crippen LogP contribution in [0.15, 0.2) is 58.0 Å². The van der Waals surface area contributed by atoms with Gasteiger partial charge in [-0.15, -0.1) is 0 Å². The molecule has 3 rings (SSSR count). The highest BCUT2D eigenvalue weighted by Gasteiger charge is 2.15. The third-order valence-corrected chi connectivity index (χ3v) is 4.65. The van der Waals surface area contributed by atoms with Gasteiger partial charge in [0.25, 0.3) is 11.6 Å². The van der Waals surface area contributed by atoms with E-state index < -0.39 is 10.8 Å². The number of hydrogen-bond donors (Lipinski definition) is 1. The van der Waals surface area contributed by atoms with Gasteiger partial charge in [-0.05, 0) is 42.5 Å². The lowest BCUT2D eigenvalue weighted by atomic mass is 10.1. The Morgan fingerprint density at radius 2 is 1.79 bits per heavy atom. The number of nitrogens with one attached hydrogen (secondary N) is 1. The van der Waals surface area contributed by atoms with Crippen molar-refractivity contribution in [1.29, 1.82) is 0 Å². The van der Waals surface area contributed by atoms with Gasteiger partial charge >= 0.3 is 0 Å². The van der Waals surface area contributed by atoms with Gasteiger partial charge in [-0.1, -0.05) is 34.8 Å². The van der Waals surface area contributed by atoms with E-state index in [1.54, 1.807) is 18.2 Å². The van der Waals surface area contributed by atoms with E-state index in [9.17, 15) is 14.9 Å². The minimum atomic E-state index is -0.574. The molecule has 2 aromatic carbocycles. The molecule has 0 atom stereocenters. The molecule has 28 heavy (non-hydrogen) atoms. The summed E-state index contributed by atoms with van der Waals surface area (Å²) in [6, 6.07) is 12.0. The van der Waals surface area contributed by atoms with Crippen LogP contribution < -0.4 is 5.43 Å². The first kappa shape index (κ1) is 19.9. The Balaban J connectivity index is 1.70. The fraction of sp³-hybridized carbons (Fsp3) is 0. The van der Waals surface area contributed by atoms with Crippen molar-refractivity contribution in [2.24, 2.45) is 5.10 Å². The lowest BCUT2D eigenvalue weighted by molar-refractivity contribution is -0.384. The third kappa shape index (κ3) is 4.51. The van der Waals surface area contributed by atoms with E-state index >= 15 is 0 Å². The Bertz CT molecular complexity index is 1100. The molecule has 0 saturated carbocycles. The van der Waals surface area contributed by atoms with Crippen molar-refractivity contribution >= 4 is 52.6 Å². The van der Waals surface area contributed by atoms with Gasteiger partial charge in [-0.2, -0.15) is 5.10 Å². The second-order valence-corrected chi connectivity index (χ2v) is 6.67. The number of furan rings is 1. The zero-order valence-electron chi connectivity index (χ0n) is 13.9. The number of benzene rings is 2. The maximum absolute atomic E-state index is 12.0. The van der Waals surface area contributed by atoms with Gasteiger partial charge in [0.2, 0.25) is 0 Å². The monoisotopic (exact) mass is 437 g/mol. The molecule has 0 radical (unpaired) electrons. The van der Waals surface area contributed by atoms with E-state index in [0.717, 1.165) is 0 Å². The van der Waals surface area contributed by atoms with Crippen LogP contribution in [0.25, 0.3) is 11.3 Å². The summed E-state index contributed by atoms with van der Waals surface area (Å²) in [5.74, 6) is 0.244. The smallest absolute Gasteiger partial charge is 0.288 e. The zero-order valence-corrected chi connectivity index (χ0v) is 16.1. The summed E-state index contributed by atoms with van der Waals surface area (Å²) in [7, 11) is 0. The fourth-order valence-electron chi connectivity index (χ4n) is 2.24. The second-order valence-electron chi connectivity index (χ2n) is 5.45. The highest BCUT2D eigenvalue weighted by molar-refractivity contribution is 6.42. The molecule has 3 aromatic rings. The van der Waals surface area contributed by atoms with Crippen molar-refractivity contribution in [2.75, 3.05) is 0 Å². The van der Waals surface area contributed by atoms with Gasteiger partial charge in [0.05, 0.1) is 21.2 Å². The van der Waals surface area contributed by atoms with Crippen LogP contribution in [0.5, 0.6) is 0 Å². The Kier molecular flexibility index (Phi) is 5.99. The summed E-state index contributed by atoms with van der Waals surface area (Å²) < 4.78 is 5.56. The van der Waals surface area contributed by atoms with Crippen molar-refractivity contribution in [3.05, 3.63) is 85.0 Å². The molecule has 0 bridgehead atoms. The van der Waals surface area contributed by atoms with E-state index in [1.807, 2.05) is 0 Å². The summed E-state index contributed by atoms with van der Waals surface area (Å²) in [4.78, 5) is 22.4. The maximum atomic E-state index is 12.0. The second kappa shape index (κ2) is 8.43. The van der Waals surface area contributed by atoms with E-state index in [0.29, 0.717) is 27.7 Å². The van der Waals surface area contributed by atoms with Gasteiger partial charge in [-0.25, -0.2) is 5.43 Å². The molecule has 0 aliphatic heterocycles. The molecule has 10 heteroatoms. The van der Waals surface area contributed by atoms with Gasteiger partial charge in [0.15, 0.2) is 0 Å². The average molecular weight is 439 g/mol. The molecule has 1 aromatic heterocycles. The van der Waals surface area contributed by atoms with Gasteiger partial charge in [0.1, 0.15) is 16.5 Å². The number of nitrogens with zero attached hydrogens (tertiary/aromatic N) is 2. The molecule has 1 heterocycles.